The molecule has 0 fully saturated rings. The number of aliphatic hydroxyl groups excluding tert-OH is 1. The second-order valence-electron chi connectivity index (χ2n) is 4.44. The predicted molar refractivity (Wildman–Crippen MR) is 71.3 cm³/mol. The van der Waals surface area contributed by atoms with Gasteiger partial charge in [-0.2, -0.15) is 0 Å². The minimum absolute atomic E-state index is 0.364. The SMILES string of the molecule is O[C@H]1CC(c2ccc(Br)cn2)Oc2cc(F)ccc21. The van der Waals surface area contributed by atoms with Crippen LogP contribution in [0.2, 0.25) is 0 Å². The Labute approximate surface area is 118 Å². The summed E-state index contributed by atoms with van der Waals surface area (Å²) in [6, 6.07) is 7.86. The summed E-state index contributed by atoms with van der Waals surface area (Å²) in [6.45, 7) is 0. The summed E-state index contributed by atoms with van der Waals surface area (Å²) < 4.78 is 19.8. The minimum atomic E-state index is -0.667. The lowest BCUT2D eigenvalue weighted by atomic mass is 9.97. The van der Waals surface area contributed by atoms with Crippen LogP contribution in [-0.2, 0) is 0 Å². The van der Waals surface area contributed by atoms with Crippen LogP contribution in [0.25, 0.3) is 0 Å². The average molecular weight is 324 g/mol. The van der Waals surface area contributed by atoms with Crippen molar-refractivity contribution in [1.29, 1.82) is 0 Å². The summed E-state index contributed by atoms with van der Waals surface area (Å²) in [6.07, 6.45) is 1.05. The zero-order chi connectivity index (χ0) is 13.4. The van der Waals surface area contributed by atoms with E-state index in [-0.39, 0.29) is 11.9 Å². The Morgan fingerprint density at radius 2 is 2.16 bits per heavy atom. The van der Waals surface area contributed by atoms with Gasteiger partial charge in [0, 0.05) is 28.7 Å². The summed E-state index contributed by atoms with van der Waals surface area (Å²) >= 11 is 3.31. The van der Waals surface area contributed by atoms with Crippen molar-refractivity contribution in [3.05, 3.63) is 58.1 Å². The van der Waals surface area contributed by atoms with Crippen molar-refractivity contribution in [2.75, 3.05) is 0 Å². The zero-order valence-electron chi connectivity index (χ0n) is 9.88. The van der Waals surface area contributed by atoms with E-state index in [4.69, 9.17) is 4.74 Å². The Bertz CT molecular complexity index is 603. The van der Waals surface area contributed by atoms with Crippen LogP contribution in [0.15, 0.2) is 41.0 Å². The molecule has 0 aliphatic carbocycles. The quantitative estimate of drug-likeness (QED) is 0.872. The van der Waals surface area contributed by atoms with Crippen molar-refractivity contribution in [2.24, 2.45) is 0 Å². The molecule has 5 heteroatoms. The molecule has 1 aliphatic heterocycles. The average Bonchev–Trinajstić information content (AvgIpc) is 2.38. The van der Waals surface area contributed by atoms with Crippen LogP contribution in [0, 0.1) is 5.82 Å². The Morgan fingerprint density at radius 3 is 2.89 bits per heavy atom. The summed E-state index contributed by atoms with van der Waals surface area (Å²) in [7, 11) is 0. The maximum atomic E-state index is 13.2. The van der Waals surface area contributed by atoms with Crippen molar-refractivity contribution in [2.45, 2.75) is 18.6 Å². The lowest BCUT2D eigenvalue weighted by Crippen LogP contribution is -2.20. The molecule has 3 nitrogen and oxygen atoms in total. The number of halogens is 2. The van der Waals surface area contributed by atoms with E-state index < -0.39 is 6.10 Å². The highest BCUT2D eigenvalue weighted by atomic mass is 79.9. The molecule has 1 N–H and O–H groups in total. The number of pyridine rings is 1. The molecule has 0 bridgehead atoms. The van der Waals surface area contributed by atoms with E-state index in [1.165, 1.54) is 12.1 Å². The number of rotatable bonds is 1. The summed E-state index contributed by atoms with van der Waals surface area (Å²) in [5.41, 5.74) is 1.34. The van der Waals surface area contributed by atoms with Gasteiger partial charge < -0.3 is 9.84 Å². The van der Waals surface area contributed by atoms with Gasteiger partial charge in [0.2, 0.25) is 0 Å². The highest BCUT2D eigenvalue weighted by molar-refractivity contribution is 9.10. The van der Waals surface area contributed by atoms with Gasteiger partial charge in [-0.05, 0) is 40.2 Å². The largest absolute Gasteiger partial charge is 0.484 e. The number of benzene rings is 1. The summed E-state index contributed by atoms with van der Waals surface area (Å²) in [5.74, 6) is 0.00355. The maximum Gasteiger partial charge on any atom is 0.143 e. The van der Waals surface area contributed by atoms with Crippen LogP contribution in [0.4, 0.5) is 4.39 Å². The van der Waals surface area contributed by atoms with Crippen molar-refractivity contribution in [3.8, 4) is 5.75 Å². The topological polar surface area (TPSA) is 42.4 Å². The van der Waals surface area contributed by atoms with Gasteiger partial charge in [-0.25, -0.2) is 4.39 Å². The fourth-order valence-corrected chi connectivity index (χ4v) is 2.41. The molecule has 98 valence electrons. The molecule has 1 aromatic heterocycles. The highest BCUT2D eigenvalue weighted by Gasteiger charge is 2.29. The Hall–Kier alpha value is -1.46. The molecule has 19 heavy (non-hydrogen) atoms. The van der Waals surface area contributed by atoms with E-state index in [0.717, 1.165) is 10.2 Å². The molecule has 2 atom stereocenters. The second-order valence-corrected chi connectivity index (χ2v) is 5.36. The number of hydrogen-bond acceptors (Lipinski definition) is 3. The number of fused-ring (bicyclic) bond motifs is 1. The normalized spacial score (nSPS) is 21.6. The number of aromatic nitrogens is 1. The van der Waals surface area contributed by atoms with E-state index in [1.54, 1.807) is 12.3 Å². The number of nitrogens with zero attached hydrogens (tertiary/aromatic N) is 1. The standard InChI is InChI=1S/C14H11BrFNO2/c15-8-1-4-11(17-7-8)14-6-12(18)10-3-2-9(16)5-13(10)19-14/h1-5,7,12,14,18H,6H2/t12-,14?/m0/s1. The van der Waals surface area contributed by atoms with Gasteiger partial charge in [0.1, 0.15) is 17.7 Å². The van der Waals surface area contributed by atoms with E-state index in [9.17, 15) is 9.50 Å². The first-order chi connectivity index (χ1) is 9.13. The van der Waals surface area contributed by atoms with Gasteiger partial charge in [-0.3, -0.25) is 4.98 Å². The van der Waals surface area contributed by atoms with Crippen molar-refractivity contribution < 1.29 is 14.2 Å². The molecule has 0 radical (unpaired) electrons. The number of aliphatic hydroxyl groups is 1. The minimum Gasteiger partial charge on any atom is -0.484 e. The Kier molecular flexibility index (Phi) is 3.24. The fraction of sp³-hybridized carbons (Fsp3) is 0.214. The first-order valence-corrected chi connectivity index (χ1v) is 6.68. The summed E-state index contributed by atoms with van der Waals surface area (Å²) in [5, 5.41) is 10.1. The van der Waals surface area contributed by atoms with Gasteiger partial charge in [0.25, 0.3) is 0 Å². The van der Waals surface area contributed by atoms with Gasteiger partial charge in [-0.1, -0.05) is 0 Å². The summed E-state index contributed by atoms with van der Waals surface area (Å²) in [4.78, 5) is 4.26. The van der Waals surface area contributed by atoms with Crippen LogP contribution in [0.1, 0.15) is 29.9 Å². The third-order valence-electron chi connectivity index (χ3n) is 3.12. The van der Waals surface area contributed by atoms with Crippen LogP contribution in [0.3, 0.4) is 0 Å². The van der Waals surface area contributed by atoms with E-state index >= 15 is 0 Å². The lowest BCUT2D eigenvalue weighted by Gasteiger charge is -2.29. The first kappa shape index (κ1) is 12.6. The molecule has 0 spiro atoms. The van der Waals surface area contributed by atoms with Crippen LogP contribution in [-0.4, -0.2) is 10.1 Å². The highest BCUT2D eigenvalue weighted by Crippen LogP contribution is 2.40. The molecule has 1 aromatic carbocycles. The van der Waals surface area contributed by atoms with Gasteiger partial charge in [0.15, 0.2) is 0 Å². The molecule has 0 saturated carbocycles. The fourth-order valence-electron chi connectivity index (χ4n) is 2.18. The predicted octanol–water partition coefficient (Wildman–Crippen LogP) is 3.54. The Morgan fingerprint density at radius 1 is 1.32 bits per heavy atom. The van der Waals surface area contributed by atoms with Crippen molar-refractivity contribution in [3.63, 3.8) is 0 Å². The molecule has 1 aliphatic rings. The zero-order valence-corrected chi connectivity index (χ0v) is 11.5. The Balaban J connectivity index is 1.93. The molecule has 1 unspecified atom stereocenters. The van der Waals surface area contributed by atoms with Gasteiger partial charge in [-0.15, -0.1) is 0 Å². The van der Waals surface area contributed by atoms with Gasteiger partial charge >= 0.3 is 0 Å². The van der Waals surface area contributed by atoms with Crippen LogP contribution >= 0.6 is 15.9 Å². The maximum absolute atomic E-state index is 13.2. The third-order valence-corrected chi connectivity index (χ3v) is 3.59. The molecule has 2 aromatic rings. The lowest BCUT2D eigenvalue weighted by molar-refractivity contribution is 0.0633. The number of ether oxygens (including phenoxy) is 1. The van der Waals surface area contributed by atoms with Crippen LogP contribution in [0.5, 0.6) is 5.75 Å². The third kappa shape index (κ3) is 2.48. The molecule has 0 amide bonds. The van der Waals surface area contributed by atoms with Crippen LogP contribution < -0.4 is 4.74 Å². The van der Waals surface area contributed by atoms with Crippen molar-refractivity contribution >= 4 is 15.9 Å². The molecule has 3 rings (SSSR count). The van der Waals surface area contributed by atoms with Gasteiger partial charge in [0.05, 0.1) is 11.8 Å². The first-order valence-electron chi connectivity index (χ1n) is 5.89. The van der Waals surface area contributed by atoms with E-state index in [2.05, 4.69) is 20.9 Å². The van der Waals surface area contributed by atoms with E-state index in [1.807, 2.05) is 12.1 Å². The number of hydrogen-bond donors (Lipinski definition) is 1. The monoisotopic (exact) mass is 323 g/mol. The molecular weight excluding hydrogens is 313 g/mol. The van der Waals surface area contributed by atoms with E-state index in [0.29, 0.717) is 17.7 Å². The molecule has 2 heterocycles. The second kappa shape index (κ2) is 4.90. The van der Waals surface area contributed by atoms with Crippen molar-refractivity contribution in [1.82, 2.24) is 4.98 Å². The molecular formula is C14H11BrFNO2. The molecule has 0 saturated heterocycles. The smallest absolute Gasteiger partial charge is 0.143 e.